The van der Waals surface area contributed by atoms with Crippen molar-refractivity contribution in [2.24, 2.45) is 11.7 Å². The van der Waals surface area contributed by atoms with Gasteiger partial charge in [-0.2, -0.15) is 5.10 Å². The van der Waals surface area contributed by atoms with Gasteiger partial charge in [-0.05, 0) is 44.2 Å². The van der Waals surface area contributed by atoms with Crippen LogP contribution >= 0.6 is 0 Å². The first-order valence-corrected chi connectivity index (χ1v) is 8.79. The maximum Gasteiger partial charge on any atom is 0.257 e. The highest BCUT2D eigenvalue weighted by atomic mass is 16.2. The van der Waals surface area contributed by atoms with E-state index >= 15 is 0 Å². The van der Waals surface area contributed by atoms with E-state index in [0.717, 1.165) is 43.7 Å². The molecule has 3 rings (SSSR count). The Balaban J connectivity index is 1.87. The second kappa shape index (κ2) is 7.18. The van der Waals surface area contributed by atoms with E-state index in [1.807, 2.05) is 46.8 Å². The molecule has 0 aliphatic carbocycles. The number of aromatic nitrogens is 2. The molecule has 1 aliphatic heterocycles. The predicted molar refractivity (Wildman–Crippen MR) is 95.2 cm³/mol. The van der Waals surface area contributed by atoms with Crippen LogP contribution in [0.5, 0.6) is 0 Å². The molecule has 5 heteroatoms. The number of para-hydroxylation sites is 1. The van der Waals surface area contributed by atoms with Crippen molar-refractivity contribution in [1.82, 2.24) is 14.7 Å². The smallest absolute Gasteiger partial charge is 0.257 e. The minimum absolute atomic E-state index is 0.0828. The molecule has 1 amide bonds. The highest BCUT2D eigenvalue weighted by molar-refractivity contribution is 5.95. The van der Waals surface area contributed by atoms with E-state index in [1.165, 1.54) is 0 Å². The molecule has 1 aromatic carbocycles. The van der Waals surface area contributed by atoms with Crippen LogP contribution in [-0.4, -0.2) is 39.7 Å². The molecule has 1 saturated heterocycles. The van der Waals surface area contributed by atoms with Gasteiger partial charge in [0.15, 0.2) is 0 Å². The van der Waals surface area contributed by atoms with Gasteiger partial charge in [0.05, 0.1) is 23.1 Å². The summed E-state index contributed by atoms with van der Waals surface area (Å²) in [5.74, 6) is 0.469. The van der Waals surface area contributed by atoms with Crippen molar-refractivity contribution in [3.05, 3.63) is 47.8 Å². The normalized spacial score (nSPS) is 19.3. The van der Waals surface area contributed by atoms with Crippen LogP contribution in [0.1, 0.15) is 42.7 Å². The lowest BCUT2D eigenvalue weighted by Crippen LogP contribution is -2.45. The Hall–Kier alpha value is -2.14. The zero-order valence-corrected chi connectivity index (χ0v) is 14.5. The number of carbonyl (C=O) groups is 1. The van der Waals surface area contributed by atoms with Crippen LogP contribution in [-0.2, 0) is 6.42 Å². The Bertz CT molecular complexity index is 693. The van der Waals surface area contributed by atoms with Crippen LogP contribution in [0.15, 0.2) is 36.5 Å². The molecular weight excluding hydrogens is 300 g/mol. The third-order valence-corrected chi connectivity index (χ3v) is 4.92. The van der Waals surface area contributed by atoms with E-state index in [2.05, 4.69) is 12.0 Å². The molecule has 0 spiro atoms. The van der Waals surface area contributed by atoms with E-state index in [-0.39, 0.29) is 11.9 Å². The van der Waals surface area contributed by atoms with Gasteiger partial charge >= 0.3 is 0 Å². The van der Waals surface area contributed by atoms with Crippen LogP contribution in [0.4, 0.5) is 0 Å². The monoisotopic (exact) mass is 326 g/mol. The topological polar surface area (TPSA) is 64.2 Å². The predicted octanol–water partition coefficient (Wildman–Crippen LogP) is 2.63. The molecule has 2 heterocycles. The van der Waals surface area contributed by atoms with Gasteiger partial charge in [0.25, 0.3) is 5.91 Å². The number of hydrogen-bond donors (Lipinski definition) is 1. The first-order valence-electron chi connectivity index (χ1n) is 8.79. The number of rotatable bonds is 4. The van der Waals surface area contributed by atoms with Crippen LogP contribution in [0.3, 0.4) is 0 Å². The summed E-state index contributed by atoms with van der Waals surface area (Å²) in [6.45, 7) is 5.65. The van der Waals surface area contributed by atoms with Gasteiger partial charge in [0, 0.05) is 19.1 Å². The number of nitrogens with two attached hydrogens (primary N) is 1. The molecule has 1 aliphatic rings. The largest absolute Gasteiger partial charge is 0.338 e. The van der Waals surface area contributed by atoms with Crippen LogP contribution in [0, 0.1) is 5.92 Å². The van der Waals surface area contributed by atoms with Gasteiger partial charge in [0.1, 0.15) is 0 Å². The average molecular weight is 326 g/mol. The van der Waals surface area contributed by atoms with Gasteiger partial charge in [-0.15, -0.1) is 0 Å². The van der Waals surface area contributed by atoms with Crippen molar-refractivity contribution in [2.45, 2.75) is 39.2 Å². The van der Waals surface area contributed by atoms with Crippen molar-refractivity contribution in [1.29, 1.82) is 0 Å². The molecule has 0 saturated carbocycles. The van der Waals surface area contributed by atoms with Crippen LogP contribution < -0.4 is 5.73 Å². The van der Waals surface area contributed by atoms with Gasteiger partial charge in [-0.25, -0.2) is 4.68 Å². The Morgan fingerprint density at radius 1 is 1.38 bits per heavy atom. The SMILES string of the molecule is CCc1c(C(=O)N2CCC[C@H]([C@@H](C)N)C2)cnn1-c1ccccc1. The third kappa shape index (κ3) is 3.22. The van der Waals surface area contributed by atoms with Crippen LogP contribution in [0.25, 0.3) is 5.69 Å². The zero-order valence-electron chi connectivity index (χ0n) is 14.5. The van der Waals surface area contributed by atoms with Crippen LogP contribution in [0.2, 0.25) is 0 Å². The maximum atomic E-state index is 13.0. The lowest BCUT2D eigenvalue weighted by Gasteiger charge is -2.34. The molecule has 128 valence electrons. The Kier molecular flexibility index (Phi) is 5.00. The Labute approximate surface area is 143 Å². The van der Waals surface area contributed by atoms with E-state index in [4.69, 9.17) is 5.73 Å². The molecule has 0 radical (unpaired) electrons. The third-order valence-electron chi connectivity index (χ3n) is 4.92. The lowest BCUT2D eigenvalue weighted by molar-refractivity contribution is 0.0660. The molecular formula is C19H26N4O. The summed E-state index contributed by atoms with van der Waals surface area (Å²) in [6.07, 6.45) is 4.60. The minimum atomic E-state index is 0.0828. The standard InChI is InChI=1S/C19H26N4O/c1-3-18-17(12-21-23(18)16-9-5-4-6-10-16)19(24)22-11-7-8-15(13-22)14(2)20/h4-6,9-10,12,14-15H,3,7-8,11,13,20H2,1-2H3/t14-,15+/m1/s1. The van der Waals surface area contributed by atoms with Crippen molar-refractivity contribution < 1.29 is 4.79 Å². The Morgan fingerprint density at radius 2 is 2.12 bits per heavy atom. The number of nitrogens with zero attached hydrogens (tertiary/aromatic N) is 3. The van der Waals surface area contributed by atoms with Gasteiger partial charge < -0.3 is 10.6 Å². The first kappa shape index (κ1) is 16.7. The summed E-state index contributed by atoms with van der Waals surface area (Å²) >= 11 is 0. The van der Waals surface area contributed by atoms with Gasteiger partial charge in [-0.1, -0.05) is 25.1 Å². The summed E-state index contributed by atoms with van der Waals surface area (Å²) in [4.78, 5) is 15.0. The van der Waals surface area contributed by atoms with Gasteiger partial charge in [-0.3, -0.25) is 4.79 Å². The second-order valence-electron chi connectivity index (χ2n) is 6.62. The lowest BCUT2D eigenvalue weighted by atomic mass is 9.92. The highest BCUT2D eigenvalue weighted by Crippen LogP contribution is 2.23. The van der Waals surface area contributed by atoms with Crippen molar-refractivity contribution in [3.63, 3.8) is 0 Å². The molecule has 1 fully saturated rings. The summed E-state index contributed by atoms with van der Waals surface area (Å²) in [5, 5.41) is 4.47. The quantitative estimate of drug-likeness (QED) is 0.939. The fraction of sp³-hybridized carbons (Fsp3) is 0.474. The summed E-state index contributed by atoms with van der Waals surface area (Å²) in [6, 6.07) is 10.1. The Morgan fingerprint density at radius 3 is 2.79 bits per heavy atom. The number of benzene rings is 1. The average Bonchev–Trinajstić information content (AvgIpc) is 3.05. The van der Waals surface area contributed by atoms with Crippen molar-refractivity contribution in [3.8, 4) is 5.69 Å². The van der Waals surface area contributed by atoms with Crippen molar-refractivity contribution >= 4 is 5.91 Å². The summed E-state index contributed by atoms with van der Waals surface area (Å²) < 4.78 is 1.88. The fourth-order valence-corrected chi connectivity index (χ4v) is 3.48. The second-order valence-corrected chi connectivity index (χ2v) is 6.62. The molecule has 5 nitrogen and oxygen atoms in total. The van der Waals surface area contributed by atoms with E-state index < -0.39 is 0 Å². The molecule has 0 unspecified atom stereocenters. The van der Waals surface area contributed by atoms with E-state index in [9.17, 15) is 4.79 Å². The van der Waals surface area contributed by atoms with Gasteiger partial charge in [0.2, 0.25) is 0 Å². The molecule has 1 aromatic heterocycles. The van der Waals surface area contributed by atoms with E-state index in [0.29, 0.717) is 11.5 Å². The molecule has 24 heavy (non-hydrogen) atoms. The summed E-state index contributed by atoms with van der Waals surface area (Å²) in [7, 11) is 0. The molecule has 2 aromatic rings. The number of piperidine rings is 1. The zero-order chi connectivity index (χ0) is 17.1. The molecule has 2 atom stereocenters. The number of amides is 1. The number of carbonyl (C=O) groups excluding carboxylic acids is 1. The van der Waals surface area contributed by atoms with E-state index in [1.54, 1.807) is 6.20 Å². The number of hydrogen-bond acceptors (Lipinski definition) is 3. The summed E-state index contributed by atoms with van der Waals surface area (Å²) in [5.41, 5.74) is 8.72. The van der Waals surface area contributed by atoms with Crippen molar-refractivity contribution in [2.75, 3.05) is 13.1 Å². The first-order chi connectivity index (χ1) is 11.6. The number of likely N-dealkylation sites (tertiary alicyclic amines) is 1. The molecule has 2 N–H and O–H groups in total. The maximum absolute atomic E-state index is 13.0. The fourth-order valence-electron chi connectivity index (χ4n) is 3.48. The molecule has 0 bridgehead atoms. The minimum Gasteiger partial charge on any atom is -0.338 e. The highest BCUT2D eigenvalue weighted by Gasteiger charge is 2.28.